The van der Waals surface area contributed by atoms with Gasteiger partial charge in [-0.05, 0) is 58.0 Å². The van der Waals surface area contributed by atoms with Crippen LogP contribution in [0.15, 0.2) is 24.0 Å². The highest BCUT2D eigenvalue weighted by atomic mass is 16.6. The number of likely N-dealkylation sites (tertiary alicyclic amines) is 1. The molecule has 6 atom stereocenters. The maximum atomic E-state index is 12.8. The van der Waals surface area contributed by atoms with E-state index in [0.29, 0.717) is 36.5 Å². The molecule has 1 amide bonds. The number of methoxy groups -OCH3 is 1. The summed E-state index contributed by atoms with van der Waals surface area (Å²) in [5, 5.41) is 24.0. The van der Waals surface area contributed by atoms with Crippen LogP contribution in [0, 0.1) is 0 Å². The molecule has 1 aromatic rings. The fraction of sp³-hybridized carbons (Fsp3) is 0.583. The number of amides is 1. The third-order valence-corrected chi connectivity index (χ3v) is 7.87. The zero-order valence-corrected chi connectivity index (χ0v) is 19.3. The normalized spacial score (nSPS) is 33.2. The van der Waals surface area contributed by atoms with Crippen LogP contribution in [0.2, 0.25) is 0 Å². The number of carbonyl (C=O) groups excluding carboxylic acids is 2. The molecule has 1 saturated heterocycles. The number of aliphatic hydroxyl groups is 2. The van der Waals surface area contributed by atoms with Gasteiger partial charge in [-0.25, -0.2) is 4.79 Å². The second-order valence-electron chi connectivity index (χ2n) is 9.61. The average Bonchev–Trinajstić information content (AvgIpc) is 3.13. The maximum Gasteiger partial charge on any atom is 0.333 e. The van der Waals surface area contributed by atoms with Crippen molar-refractivity contribution in [3.8, 4) is 11.5 Å². The van der Waals surface area contributed by atoms with Gasteiger partial charge >= 0.3 is 5.97 Å². The fourth-order valence-electron chi connectivity index (χ4n) is 6.19. The van der Waals surface area contributed by atoms with Gasteiger partial charge in [0.1, 0.15) is 17.9 Å². The van der Waals surface area contributed by atoms with Crippen molar-refractivity contribution in [2.24, 2.45) is 0 Å². The van der Waals surface area contributed by atoms with Gasteiger partial charge in [-0.15, -0.1) is 0 Å². The first-order valence-electron chi connectivity index (χ1n) is 11.3. The molecule has 9 nitrogen and oxygen atoms in total. The summed E-state index contributed by atoms with van der Waals surface area (Å²) in [5.74, 6) is 0.192. The smallest absolute Gasteiger partial charge is 0.333 e. The molecule has 9 heteroatoms. The molecule has 2 aliphatic heterocycles. The molecule has 1 spiro atoms. The van der Waals surface area contributed by atoms with Crippen LogP contribution in [0.1, 0.15) is 37.8 Å². The van der Waals surface area contributed by atoms with Crippen molar-refractivity contribution in [1.82, 2.24) is 10.2 Å². The molecular weight excluding hydrogens is 428 g/mol. The van der Waals surface area contributed by atoms with Crippen molar-refractivity contribution in [1.29, 1.82) is 0 Å². The number of carbonyl (C=O) groups is 2. The van der Waals surface area contributed by atoms with Crippen molar-refractivity contribution in [2.75, 3.05) is 20.7 Å². The van der Waals surface area contributed by atoms with E-state index in [-0.39, 0.29) is 6.04 Å². The van der Waals surface area contributed by atoms with Gasteiger partial charge in [-0.3, -0.25) is 4.79 Å². The second kappa shape index (κ2) is 7.44. The summed E-state index contributed by atoms with van der Waals surface area (Å²) >= 11 is 0. The predicted molar refractivity (Wildman–Crippen MR) is 117 cm³/mol. The van der Waals surface area contributed by atoms with Gasteiger partial charge < -0.3 is 34.6 Å². The Morgan fingerprint density at radius 3 is 2.79 bits per heavy atom. The van der Waals surface area contributed by atoms with Crippen LogP contribution in [0.25, 0.3) is 0 Å². The van der Waals surface area contributed by atoms with E-state index in [2.05, 4.69) is 10.2 Å². The largest absolute Gasteiger partial charge is 0.493 e. The van der Waals surface area contributed by atoms with Gasteiger partial charge in [-0.1, -0.05) is 6.07 Å². The summed E-state index contributed by atoms with van der Waals surface area (Å²) in [4.78, 5) is 26.8. The lowest BCUT2D eigenvalue weighted by atomic mass is 9.50. The van der Waals surface area contributed by atoms with Crippen LogP contribution in [-0.2, 0) is 26.2 Å². The predicted octanol–water partition coefficient (Wildman–Crippen LogP) is 0.402. The zero-order chi connectivity index (χ0) is 23.7. The summed E-state index contributed by atoms with van der Waals surface area (Å²) in [6.07, 6.45) is 1.45. The molecule has 5 rings (SSSR count). The summed E-state index contributed by atoms with van der Waals surface area (Å²) in [6.45, 7) is 3.59. The molecule has 1 fully saturated rings. The molecule has 4 aliphatic rings. The fourth-order valence-corrected chi connectivity index (χ4v) is 6.19. The number of nitrogens with zero attached hydrogens (tertiary/aromatic N) is 1. The van der Waals surface area contributed by atoms with Gasteiger partial charge in [-0.2, -0.15) is 0 Å². The van der Waals surface area contributed by atoms with E-state index < -0.39 is 41.1 Å². The SMILES string of the molecule is COc1ccc2c3c1OC1C(OC(=O)[C@H](C)NC(=O)[C@H](C)O)=CC[C@@]4(O)[C@@H](C2)N(C)CCC314. The molecule has 2 bridgehead atoms. The Balaban J connectivity index is 1.54. The van der Waals surface area contributed by atoms with Gasteiger partial charge in [0.25, 0.3) is 0 Å². The van der Waals surface area contributed by atoms with E-state index in [9.17, 15) is 19.8 Å². The Hall–Kier alpha value is -2.62. The number of piperidine rings is 1. The van der Waals surface area contributed by atoms with Crippen molar-refractivity contribution < 1.29 is 34.0 Å². The Bertz CT molecular complexity index is 1050. The lowest BCUT2D eigenvalue weighted by Crippen LogP contribution is -2.74. The lowest BCUT2D eigenvalue weighted by molar-refractivity contribution is -0.170. The quantitative estimate of drug-likeness (QED) is 0.543. The van der Waals surface area contributed by atoms with Crippen LogP contribution >= 0.6 is 0 Å². The van der Waals surface area contributed by atoms with Crippen molar-refractivity contribution >= 4 is 11.9 Å². The number of nitrogens with one attached hydrogen (secondary N) is 1. The standard InChI is InChI=1S/C24H30N2O7/c1-12(25-21(28)13(2)27)22(29)32-16-7-8-24(30)17-11-14-5-6-15(31-4)19-18(14)23(24,20(16)33-19)9-10-26(17)3/h5-7,12-13,17,20,27,30H,8-11H2,1-4H3,(H,25,28)/t12-,13-,17+,20?,23?,24+/m0/s1. The lowest BCUT2D eigenvalue weighted by Gasteiger charge is -2.61. The zero-order valence-electron chi connectivity index (χ0n) is 19.3. The van der Waals surface area contributed by atoms with Crippen LogP contribution in [0.3, 0.4) is 0 Å². The minimum Gasteiger partial charge on any atom is -0.493 e. The molecule has 2 aliphatic carbocycles. The number of hydrogen-bond donors (Lipinski definition) is 3. The number of rotatable bonds is 5. The first-order chi connectivity index (χ1) is 15.6. The summed E-state index contributed by atoms with van der Waals surface area (Å²) in [7, 11) is 3.61. The minimum atomic E-state index is -1.24. The first kappa shape index (κ1) is 22.2. The highest BCUT2D eigenvalue weighted by Crippen LogP contribution is 2.65. The minimum absolute atomic E-state index is 0.0954. The maximum absolute atomic E-state index is 12.8. The molecule has 178 valence electrons. The highest BCUT2D eigenvalue weighted by molar-refractivity contribution is 5.86. The Morgan fingerprint density at radius 2 is 2.09 bits per heavy atom. The Labute approximate surface area is 192 Å². The van der Waals surface area contributed by atoms with Crippen LogP contribution in [0.5, 0.6) is 11.5 Å². The summed E-state index contributed by atoms with van der Waals surface area (Å²) < 4.78 is 17.8. The number of ether oxygens (including phenoxy) is 3. The molecule has 0 aromatic heterocycles. The van der Waals surface area contributed by atoms with Gasteiger partial charge in [0.05, 0.1) is 18.1 Å². The summed E-state index contributed by atoms with van der Waals surface area (Å²) in [5.41, 5.74) is 0.214. The number of likely N-dealkylation sites (N-methyl/N-ethyl adjacent to an activating group) is 1. The second-order valence-corrected chi connectivity index (χ2v) is 9.61. The van der Waals surface area contributed by atoms with E-state index >= 15 is 0 Å². The number of aliphatic hydroxyl groups excluding tert-OH is 1. The topological polar surface area (TPSA) is 118 Å². The van der Waals surface area contributed by atoms with E-state index in [0.717, 1.165) is 17.7 Å². The third-order valence-electron chi connectivity index (χ3n) is 7.87. The van der Waals surface area contributed by atoms with E-state index in [4.69, 9.17) is 14.2 Å². The molecule has 3 N–H and O–H groups in total. The van der Waals surface area contributed by atoms with Gasteiger partial charge in [0.2, 0.25) is 5.91 Å². The van der Waals surface area contributed by atoms with E-state index in [1.807, 2.05) is 19.2 Å². The molecule has 0 radical (unpaired) electrons. The molecule has 1 aromatic carbocycles. The molecule has 33 heavy (non-hydrogen) atoms. The van der Waals surface area contributed by atoms with Gasteiger partial charge in [0.15, 0.2) is 17.6 Å². The number of esters is 1. The average molecular weight is 459 g/mol. The summed E-state index contributed by atoms with van der Waals surface area (Å²) in [6, 6.07) is 2.86. The van der Waals surface area contributed by atoms with Gasteiger partial charge in [0, 0.05) is 18.0 Å². The van der Waals surface area contributed by atoms with Crippen molar-refractivity contribution in [2.45, 2.75) is 68.4 Å². The highest BCUT2D eigenvalue weighted by Gasteiger charge is 2.72. The third kappa shape index (κ3) is 2.88. The van der Waals surface area contributed by atoms with E-state index in [1.54, 1.807) is 13.2 Å². The van der Waals surface area contributed by atoms with Crippen LogP contribution in [0.4, 0.5) is 0 Å². The molecule has 0 saturated carbocycles. The van der Waals surface area contributed by atoms with E-state index in [1.165, 1.54) is 13.8 Å². The Kier molecular flexibility index (Phi) is 5.00. The monoisotopic (exact) mass is 458 g/mol. The Morgan fingerprint density at radius 1 is 1.33 bits per heavy atom. The van der Waals surface area contributed by atoms with Crippen LogP contribution in [-0.4, -0.2) is 77.6 Å². The first-order valence-corrected chi connectivity index (χ1v) is 11.3. The molecular formula is C24H30N2O7. The molecule has 2 heterocycles. The van der Waals surface area contributed by atoms with Crippen molar-refractivity contribution in [3.05, 3.63) is 35.1 Å². The number of hydrogen-bond acceptors (Lipinski definition) is 8. The number of benzene rings is 1. The van der Waals surface area contributed by atoms with Crippen LogP contribution < -0.4 is 14.8 Å². The molecule has 2 unspecified atom stereocenters. The van der Waals surface area contributed by atoms with Crippen molar-refractivity contribution in [3.63, 3.8) is 0 Å².